The molecule has 25 heavy (non-hydrogen) atoms. The number of nitrogens with one attached hydrogen (secondary N) is 1. The highest BCUT2D eigenvalue weighted by molar-refractivity contribution is 7.89. The molecule has 0 atom stereocenters. The van der Waals surface area contributed by atoms with Crippen LogP contribution in [0.2, 0.25) is 0 Å². The van der Waals surface area contributed by atoms with Gasteiger partial charge in [-0.3, -0.25) is 0 Å². The van der Waals surface area contributed by atoms with Crippen molar-refractivity contribution in [3.05, 3.63) is 24.1 Å². The Bertz CT molecular complexity index is 883. The molecule has 8 nitrogen and oxygen atoms in total. The summed E-state index contributed by atoms with van der Waals surface area (Å²) < 4.78 is 32.5. The van der Waals surface area contributed by atoms with Gasteiger partial charge in [-0.25, -0.2) is 18.2 Å². The molecule has 2 heterocycles. The number of carbonyl (C=O) groups is 1. The molecule has 0 bridgehead atoms. The molecule has 0 radical (unpaired) electrons. The number of aryl methyl sites for hydroxylation is 1. The summed E-state index contributed by atoms with van der Waals surface area (Å²) in [4.78, 5) is 18.0. The fraction of sp³-hybridized carbons (Fsp3) is 0.500. The predicted molar refractivity (Wildman–Crippen MR) is 92.7 cm³/mol. The first kappa shape index (κ1) is 17.7. The van der Waals surface area contributed by atoms with E-state index in [9.17, 15) is 13.2 Å². The summed E-state index contributed by atoms with van der Waals surface area (Å²) in [6.07, 6.45) is 0. The van der Waals surface area contributed by atoms with Crippen molar-refractivity contribution in [3.8, 4) is 0 Å². The van der Waals surface area contributed by atoms with Gasteiger partial charge in [-0.1, -0.05) is 0 Å². The lowest BCUT2D eigenvalue weighted by atomic mass is 10.3. The Balaban J connectivity index is 1.73. The minimum Gasteiger partial charge on any atom is -0.441 e. The highest BCUT2D eigenvalue weighted by atomic mass is 32.2. The lowest BCUT2D eigenvalue weighted by Gasteiger charge is -2.34. The van der Waals surface area contributed by atoms with Crippen LogP contribution < -0.4 is 5.32 Å². The Kier molecular flexibility index (Phi) is 4.70. The molecule has 3 rings (SSSR count). The van der Waals surface area contributed by atoms with Crippen LogP contribution in [0.1, 0.15) is 19.7 Å². The molecule has 1 aromatic heterocycles. The van der Waals surface area contributed by atoms with Crippen molar-refractivity contribution in [2.45, 2.75) is 31.7 Å². The third-order valence-electron chi connectivity index (χ3n) is 4.04. The van der Waals surface area contributed by atoms with Crippen molar-refractivity contribution in [3.63, 3.8) is 0 Å². The topological polar surface area (TPSA) is 95.8 Å². The van der Waals surface area contributed by atoms with E-state index in [-0.39, 0.29) is 30.1 Å². The summed E-state index contributed by atoms with van der Waals surface area (Å²) in [5.74, 6) is 0.495. The van der Waals surface area contributed by atoms with Crippen LogP contribution in [-0.4, -0.2) is 60.9 Å². The summed E-state index contributed by atoms with van der Waals surface area (Å²) in [6.45, 7) is 6.75. The Labute approximate surface area is 146 Å². The van der Waals surface area contributed by atoms with Crippen molar-refractivity contribution < 1.29 is 17.6 Å². The van der Waals surface area contributed by atoms with E-state index in [1.807, 2.05) is 13.8 Å². The Hall–Kier alpha value is -2.13. The van der Waals surface area contributed by atoms with Gasteiger partial charge in [-0.05, 0) is 26.0 Å². The fourth-order valence-electron chi connectivity index (χ4n) is 2.80. The Morgan fingerprint density at radius 1 is 1.24 bits per heavy atom. The number of amides is 2. The highest BCUT2D eigenvalue weighted by Crippen LogP contribution is 2.23. The molecule has 1 fully saturated rings. The van der Waals surface area contributed by atoms with E-state index in [0.717, 1.165) is 0 Å². The molecule has 1 aliphatic rings. The second-order valence-electron chi connectivity index (χ2n) is 6.36. The van der Waals surface area contributed by atoms with Crippen LogP contribution in [-0.2, 0) is 10.0 Å². The van der Waals surface area contributed by atoms with Crippen molar-refractivity contribution in [1.29, 1.82) is 0 Å². The van der Waals surface area contributed by atoms with E-state index in [4.69, 9.17) is 4.42 Å². The van der Waals surface area contributed by atoms with E-state index in [0.29, 0.717) is 30.1 Å². The second-order valence-corrected chi connectivity index (χ2v) is 8.30. The van der Waals surface area contributed by atoms with Gasteiger partial charge in [0.15, 0.2) is 11.5 Å². The van der Waals surface area contributed by atoms with Gasteiger partial charge in [0.2, 0.25) is 10.0 Å². The molecule has 1 aliphatic heterocycles. The zero-order valence-electron chi connectivity index (χ0n) is 14.5. The summed E-state index contributed by atoms with van der Waals surface area (Å²) in [5, 5.41) is 2.82. The van der Waals surface area contributed by atoms with Crippen LogP contribution in [0, 0.1) is 6.92 Å². The quantitative estimate of drug-likeness (QED) is 0.889. The van der Waals surface area contributed by atoms with Crippen LogP contribution in [0.15, 0.2) is 27.5 Å². The number of urea groups is 1. The van der Waals surface area contributed by atoms with Crippen molar-refractivity contribution in [1.82, 2.24) is 19.5 Å². The monoisotopic (exact) mass is 366 g/mol. The third kappa shape index (κ3) is 3.62. The minimum atomic E-state index is -3.63. The van der Waals surface area contributed by atoms with Gasteiger partial charge in [0.25, 0.3) is 0 Å². The fourth-order valence-corrected chi connectivity index (χ4v) is 4.24. The predicted octanol–water partition coefficient (Wildman–Crippen LogP) is 1.56. The van der Waals surface area contributed by atoms with Crippen molar-refractivity contribution in [2.24, 2.45) is 0 Å². The number of aromatic nitrogens is 1. The first-order chi connectivity index (χ1) is 11.8. The van der Waals surface area contributed by atoms with Gasteiger partial charge in [0, 0.05) is 45.2 Å². The molecular formula is C16H22N4O4S. The number of hydrogen-bond acceptors (Lipinski definition) is 5. The zero-order valence-corrected chi connectivity index (χ0v) is 15.3. The minimum absolute atomic E-state index is 0.0475. The second kappa shape index (κ2) is 6.64. The molecule has 1 N–H and O–H groups in total. The first-order valence-electron chi connectivity index (χ1n) is 8.20. The lowest BCUT2D eigenvalue weighted by molar-refractivity contribution is 0.170. The number of oxazole rings is 1. The zero-order chi connectivity index (χ0) is 18.2. The number of piperazine rings is 1. The molecule has 0 saturated carbocycles. The smallest absolute Gasteiger partial charge is 0.317 e. The molecule has 2 amide bonds. The molecule has 0 unspecified atom stereocenters. The summed E-state index contributed by atoms with van der Waals surface area (Å²) in [5.41, 5.74) is 1.08. The Morgan fingerprint density at radius 3 is 2.56 bits per heavy atom. The molecule has 1 saturated heterocycles. The average molecular weight is 366 g/mol. The lowest BCUT2D eigenvalue weighted by Crippen LogP contribution is -2.53. The van der Waals surface area contributed by atoms with Gasteiger partial charge < -0.3 is 14.6 Å². The van der Waals surface area contributed by atoms with Crippen molar-refractivity contribution in [2.75, 3.05) is 26.2 Å². The van der Waals surface area contributed by atoms with Crippen LogP contribution in [0.3, 0.4) is 0 Å². The summed E-state index contributed by atoms with van der Waals surface area (Å²) >= 11 is 0. The van der Waals surface area contributed by atoms with Gasteiger partial charge in [-0.15, -0.1) is 0 Å². The first-order valence-corrected chi connectivity index (χ1v) is 9.64. The van der Waals surface area contributed by atoms with Crippen molar-refractivity contribution >= 4 is 27.2 Å². The van der Waals surface area contributed by atoms with Gasteiger partial charge in [-0.2, -0.15) is 4.31 Å². The molecule has 136 valence electrons. The number of carbonyl (C=O) groups excluding carboxylic acids is 1. The molecule has 1 aromatic carbocycles. The van der Waals surface area contributed by atoms with E-state index in [2.05, 4.69) is 10.3 Å². The van der Waals surface area contributed by atoms with Gasteiger partial charge in [0.1, 0.15) is 5.52 Å². The Morgan fingerprint density at radius 2 is 1.92 bits per heavy atom. The SMILES string of the molecule is Cc1nc2ccc(S(=O)(=O)N3CCN(C(=O)NC(C)C)CC3)cc2o1. The van der Waals surface area contributed by atoms with Gasteiger partial charge >= 0.3 is 6.03 Å². The number of fused-ring (bicyclic) bond motifs is 1. The normalized spacial score (nSPS) is 16.6. The highest BCUT2D eigenvalue weighted by Gasteiger charge is 2.30. The van der Waals surface area contributed by atoms with Gasteiger partial charge in [0.05, 0.1) is 4.90 Å². The molecule has 0 aliphatic carbocycles. The number of rotatable bonds is 3. The number of benzene rings is 1. The van der Waals surface area contributed by atoms with E-state index in [1.54, 1.807) is 17.9 Å². The van der Waals surface area contributed by atoms with Crippen LogP contribution in [0.25, 0.3) is 11.1 Å². The largest absolute Gasteiger partial charge is 0.441 e. The average Bonchev–Trinajstić information content (AvgIpc) is 2.93. The van der Waals surface area contributed by atoms with E-state index < -0.39 is 10.0 Å². The standard InChI is InChI=1S/C16H22N4O4S/c1-11(2)17-16(21)19-6-8-20(9-7-19)25(22,23)13-4-5-14-15(10-13)24-12(3)18-14/h4-5,10-11H,6-9H2,1-3H3,(H,17,21). The van der Waals surface area contributed by atoms with Crippen LogP contribution in [0.5, 0.6) is 0 Å². The van der Waals surface area contributed by atoms with Crippen LogP contribution in [0.4, 0.5) is 4.79 Å². The maximum absolute atomic E-state index is 12.8. The number of nitrogens with zero attached hydrogens (tertiary/aromatic N) is 3. The molecule has 2 aromatic rings. The summed E-state index contributed by atoms with van der Waals surface area (Å²) in [7, 11) is -3.63. The maximum Gasteiger partial charge on any atom is 0.317 e. The van der Waals surface area contributed by atoms with E-state index in [1.165, 1.54) is 16.4 Å². The molecular weight excluding hydrogens is 344 g/mol. The number of sulfonamides is 1. The van der Waals surface area contributed by atoms with E-state index >= 15 is 0 Å². The van der Waals surface area contributed by atoms with Crippen LogP contribution >= 0.6 is 0 Å². The third-order valence-corrected chi connectivity index (χ3v) is 5.94. The maximum atomic E-state index is 12.8. The molecule has 0 spiro atoms. The molecule has 9 heteroatoms. The summed E-state index contributed by atoms with van der Waals surface area (Å²) in [6, 6.07) is 4.57. The number of hydrogen-bond donors (Lipinski definition) is 1.